The third-order valence-electron chi connectivity index (χ3n) is 2.06. The second-order valence-corrected chi connectivity index (χ2v) is 5.13. The van der Waals surface area contributed by atoms with Crippen molar-refractivity contribution >= 4 is 12.1 Å². The maximum Gasteiger partial charge on any atom is 0.421 e. The van der Waals surface area contributed by atoms with E-state index in [1.54, 1.807) is 20.8 Å². The molecule has 1 aromatic carbocycles. The lowest BCUT2D eigenvalue weighted by Crippen LogP contribution is -2.42. The molecule has 6 heteroatoms. The number of carbonyl (C=O) groups is 2. The van der Waals surface area contributed by atoms with Gasteiger partial charge in [-0.1, -0.05) is 30.3 Å². The monoisotopic (exact) mass is 280 g/mol. The van der Waals surface area contributed by atoms with Gasteiger partial charge in [-0.2, -0.15) is 0 Å². The number of ether oxygens (including phenoxy) is 2. The minimum Gasteiger partial charge on any atom is -0.459 e. The fourth-order valence-electron chi connectivity index (χ4n) is 1.33. The van der Waals surface area contributed by atoms with Crippen molar-refractivity contribution in [3.05, 3.63) is 35.9 Å². The van der Waals surface area contributed by atoms with Crippen LogP contribution in [-0.2, 0) is 20.9 Å². The van der Waals surface area contributed by atoms with E-state index < -0.39 is 17.7 Å². The fraction of sp³-hybridized carbons (Fsp3) is 0.429. The number of rotatable bonds is 5. The summed E-state index contributed by atoms with van der Waals surface area (Å²) in [6.45, 7) is 5.35. The van der Waals surface area contributed by atoms with Crippen LogP contribution in [0.2, 0.25) is 0 Å². The Morgan fingerprint density at radius 1 is 1.15 bits per heavy atom. The van der Waals surface area contributed by atoms with Crippen LogP contribution < -0.4 is 10.9 Å². The first-order valence-electron chi connectivity index (χ1n) is 6.28. The average Bonchev–Trinajstić information content (AvgIpc) is 2.35. The molecule has 110 valence electrons. The van der Waals surface area contributed by atoms with Crippen LogP contribution in [0.25, 0.3) is 0 Å². The highest BCUT2D eigenvalue weighted by Gasteiger charge is 2.15. The van der Waals surface area contributed by atoms with Crippen LogP contribution in [0, 0.1) is 0 Å². The molecule has 0 aliphatic heterocycles. The van der Waals surface area contributed by atoms with Crippen LogP contribution >= 0.6 is 0 Å². The molecule has 0 fully saturated rings. The molecule has 1 rings (SSSR count). The van der Waals surface area contributed by atoms with Crippen molar-refractivity contribution in [3.63, 3.8) is 0 Å². The molecule has 0 radical (unpaired) electrons. The topological polar surface area (TPSA) is 76.7 Å². The Kier molecular flexibility index (Phi) is 5.99. The highest BCUT2D eigenvalue weighted by Crippen LogP contribution is 2.06. The zero-order valence-electron chi connectivity index (χ0n) is 11.9. The van der Waals surface area contributed by atoms with Gasteiger partial charge in [-0.25, -0.2) is 10.2 Å². The van der Waals surface area contributed by atoms with Gasteiger partial charge in [0.2, 0.25) is 0 Å². The molecule has 6 nitrogen and oxygen atoms in total. The summed E-state index contributed by atoms with van der Waals surface area (Å²) in [5, 5.41) is 0. The Morgan fingerprint density at radius 2 is 1.80 bits per heavy atom. The third-order valence-corrected chi connectivity index (χ3v) is 2.06. The number of hydrogen-bond acceptors (Lipinski definition) is 5. The van der Waals surface area contributed by atoms with Gasteiger partial charge in [-0.3, -0.25) is 10.2 Å². The molecular formula is C14H20N2O4. The quantitative estimate of drug-likeness (QED) is 0.635. The molecule has 1 aromatic rings. The third kappa shape index (κ3) is 7.38. The molecular weight excluding hydrogens is 260 g/mol. The van der Waals surface area contributed by atoms with E-state index in [9.17, 15) is 9.59 Å². The van der Waals surface area contributed by atoms with Crippen molar-refractivity contribution in [2.45, 2.75) is 33.0 Å². The number of esters is 1. The minimum atomic E-state index is -0.655. The van der Waals surface area contributed by atoms with Gasteiger partial charge in [-0.05, 0) is 26.3 Å². The van der Waals surface area contributed by atoms with Gasteiger partial charge in [0.05, 0.1) is 0 Å². The first-order chi connectivity index (χ1) is 9.37. The lowest BCUT2D eigenvalue weighted by molar-refractivity contribution is -0.153. The van der Waals surface area contributed by atoms with Gasteiger partial charge in [0, 0.05) is 0 Å². The van der Waals surface area contributed by atoms with Gasteiger partial charge >= 0.3 is 12.1 Å². The van der Waals surface area contributed by atoms with E-state index in [1.165, 1.54) is 0 Å². The standard InChI is InChI=1S/C14H20N2O4/c1-14(2,3)20-12(17)9-15-16-13(18)19-10-11-7-5-4-6-8-11/h4-8,15H,9-10H2,1-3H3,(H,16,18). The van der Waals surface area contributed by atoms with Crippen LogP contribution in [0.5, 0.6) is 0 Å². The van der Waals surface area contributed by atoms with E-state index in [4.69, 9.17) is 9.47 Å². The van der Waals surface area contributed by atoms with Crippen LogP contribution in [0.15, 0.2) is 30.3 Å². The van der Waals surface area contributed by atoms with Crippen LogP contribution in [0.1, 0.15) is 26.3 Å². The van der Waals surface area contributed by atoms with Crippen molar-refractivity contribution in [1.29, 1.82) is 0 Å². The summed E-state index contributed by atoms with van der Waals surface area (Å²) in [5.74, 6) is -0.458. The molecule has 20 heavy (non-hydrogen) atoms. The molecule has 2 N–H and O–H groups in total. The molecule has 0 unspecified atom stereocenters. The van der Waals surface area contributed by atoms with Crippen molar-refractivity contribution in [2.24, 2.45) is 0 Å². The Hall–Kier alpha value is -2.08. The van der Waals surface area contributed by atoms with Crippen LogP contribution in [0.4, 0.5) is 4.79 Å². The van der Waals surface area contributed by atoms with Gasteiger partial charge in [-0.15, -0.1) is 0 Å². The summed E-state index contributed by atoms with van der Waals surface area (Å²) >= 11 is 0. The molecule has 0 spiro atoms. The Bertz CT molecular complexity index is 440. The molecule has 0 saturated carbocycles. The highest BCUT2D eigenvalue weighted by molar-refractivity contribution is 5.73. The Balaban J connectivity index is 2.16. The lowest BCUT2D eigenvalue weighted by Gasteiger charge is -2.19. The lowest BCUT2D eigenvalue weighted by atomic mass is 10.2. The van der Waals surface area contributed by atoms with E-state index in [0.717, 1.165) is 5.56 Å². The summed E-state index contributed by atoms with van der Waals surface area (Å²) in [4.78, 5) is 22.7. The predicted molar refractivity (Wildman–Crippen MR) is 73.6 cm³/mol. The van der Waals surface area contributed by atoms with E-state index >= 15 is 0 Å². The Labute approximate surface area is 118 Å². The summed E-state index contributed by atoms with van der Waals surface area (Å²) in [6.07, 6.45) is -0.655. The zero-order valence-corrected chi connectivity index (χ0v) is 11.9. The van der Waals surface area contributed by atoms with Crippen molar-refractivity contribution in [3.8, 4) is 0 Å². The number of carbonyl (C=O) groups excluding carboxylic acids is 2. The van der Waals surface area contributed by atoms with E-state index in [2.05, 4.69) is 10.9 Å². The molecule has 0 aliphatic rings. The number of hydrazine groups is 1. The number of hydrogen-bond donors (Lipinski definition) is 2. The summed E-state index contributed by atoms with van der Waals surface area (Å²) < 4.78 is 10.0. The average molecular weight is 280 g/mol. The predicted octanol–water partition coefficient (Wildman–Crippen LogP) is 1.76. The minimum absolute atomic E-state index is 0.127. The highest BCUT2D eigenvalue weighted by atomic mass is 16.6. The van der Waals surface area contributed by atoms with Gasteiger partial charge in [0.15, 0.2) is 0 Å². The van der Waals surface area contributed by atoms with Gasteiger partial charge in [0.25, 0.3) is 0 Å². The zero-order chi connectivity index (χ0) is 15.0. The first kappa shape index (κ1) is 16.0. The maximum absolute atomic E-state index is 11.3. The molecule has 0 atom stereocenters. The van der Waals surface area contributed by atoms with Crippen molar-refractivity contribution in [1.82, 2.24) is 10.9 Å². The number of benzene rings is 1. The summed E-state index contributed by atoms with van der Waals surface area (Å²) in [6, 6.07) is 9.30. The number of amides is 1. The largest absolute Gasteiger partial charge is 0.459 e. The molecule has 0 heterocycles. The molecule has 0 bridgehead atoms. The second kappa shape index (κ2) is 7.49. The SMILES string of the molecule is CC(C)(C)OC(=O)CNNC(=O)OCc1ccccc1. The van der Waals surface area contributed by atoms with Crippen LogP contribution in [0.3, 0.4) is 0 Å². The van der Waals surface area contributed by atoms with Crippen LogP contribution in [-0.4, -0.2) is 24.2 Å². The molecule has 0 aromatic heterocycles. The normalized spacial score (nSPS) is 10.8. The smallest absolute Gasteiger partial charge is 0.421 e. The van der Waals surface area contributed by atoms with E-state index in [-0.39, 0.29) is 13.2 Å². The first-order valence-corrected chi connectivity index (χ1v) is 6.28. The fourth-order valence-corrected chi connectivity index (χ4v) is 1.33. The molecule has 0 aliphatic carbocycles. The van der Waals surface area contributed by atoms with Crippen molar-refractivity contribution in [2.75, 3.05) is 6.54 Å². The second-order valence-electron chi connectivity index (χ2n) is 5.13. The van der Waals surface area contributed by atoms with Gasteiger partial charge in [0.1, 0.15) is 18.8 Å². The molecule has 1 amide bonds. The number of nitrogens with one attached hydrogen (secondary N) is 2. The van der Waals surface area contributed by atoms with E-state index in [0.29, 0.717) is 0 Å². The summed E-state index contributed by atoms with van der Waals surface area (Å²) in [7, 11) is 0. The van der Waals surface area contributed by atoms with E-state index in [1.807, 2.05) is 30.3 Å². The maximum atomic E-state index is 11.3. The Morgan fingerprint density at radius 3 is 2.40 bits per heavy atom. The summed E-state index contributed by atoms with van der Waals surface area (Å²) in [5.41, 5.74) is 5.04. The van der Waals surface area contributed by atoms with Crippen molar-refractivity contribution < 1.29 is 19.1 Å². The van der Waals surface area contributed by atoms with Gasteiger partial charge < -0.3 is 9.47 Å². The molecule has 0 saturated heterocycles.